The first kappa shape index (κ1) is 57.8. The third-order valence-electron chi connectivity index (χ3n) is 12.4. The van der Waals surface area contributed by atoms with E-state index in [-0.39, 0.29) is 19.1 Å². The van der Waals surface area contributed by atoms with Crippen molar-refractivity contribution in [3.05, 3.63) is 0 Å². The molecule has 5 fully saturated rings. The summed E-state index contributed by atoms with van der Waals surface area (Å²) in [5.41, 5.74) is 0. The van der Waals surface area contributed by atoms with Crippen LogP contribution in [0.1, 0.15) is 39.5 Å². The van der Waals surface area contributed by atoms with Gasteiger partial charge in [-0.1, -0.05) is 13.3 Å². The summed E-state index contributed by atoms with van der Waals surface area (Å²) in [6, 6.07) is -1.73. The van der Waals surface area contributed by atoms with Crippen LogP contribution in [-0.2, 0) is 57.0 Å². The first-order valence-electron chi connectivity index (χ1n) is 22.7. The quantitative estimate of drug-likeness (QED) is 0.0448. The van der Waals surface area contributed by atoms with Gasteiger partial charge in [-0.3, -0.25) is 9.59 Å². The van der Waals surface area contributed by atoms with Gasteiger partial charge < -0.3 is 135 Å². The minimum Gasteiger partial charge on any atom is -0.394 e. The average molecular weight is 1010 g/mol. The molecule has 0 radical (unpaired) electrons. The Kier molecular flexibility index (Phi) is 22.4. The van der Waals surface area contributed by atoms with Crippen molar-refractivity contribution in [1.82, 2.24) is 10.6 Å². The Hall–Kier alpha value is -2.06. The number of carbonyl (C=O) groups is 2. The summed E-state index contributed by atoms with van der Waals surface area (Å²) in [7, 11) is 0. The van der Waals surface area contributed by atoms with E-state index in [9.17, 15) is 86.2 Å². The summed E-state index contributed by atoms with van der Waals surface area (Å²) in [4.78, 5) is 24.4. The number of aliphatic hydroxyl groups excluding tert-OH is 15. The molecule has 5 aliphatic heterocycles. The van der Waals surface area contributed by atoms with Gasteiger partial charge in [0.25, 0.3) is 0 Å². The van der Waals surface area contributed by atoms with E-state index in [2.05, 4.69) is 10.6 Å². The number of ether oxygens (including phenoxy) is 10. The van der Waals surface area contributed by atoms with E-state index in [1.54, 1.807) is 0 Å². The molecule has 69 heavy (non-hydrogen) atoms. The molecule has 0 saturated carbocycles. The fourth-order valence-electron chi connectivity index (χ4n) is 8.48. The average Bonchev–Trinajstić information content (AvgIpc) is 3.33. The van der Waals surface area contributed by atoms with Gasteiger partial charge in [0, 0.05) is 19.9 Å². The monoisotopic (exact) mass is 1010 g/mol. The second-order valence-corrected chi connectivity index (χ2v) is 17.3. The van der Waals surface area contributed by atoms with Crippen molar-refractivity contribution < 1.29 is 134 Å². The molecule has 25 atom stereocenters. The van der Waals surface area contributed by atoms with Crippen molar-refractivity contribution >= 4 is 11.8 Å². The highest BCUT2D eigenvalue weighted by Crippen LogP contribution is 2.36. The maximum absolute atomic E-state index is 12.5. The molecule has 0 bridgehead atoms. The summed E-state index contributed by atoms with van der Waals surface area (Å²) < 4.78 is 56.9. The highest BCUT2D eigenvalue weighted by Gasteiger charge is 2.57. The lowest BCUT2D eigenvalue weighted by atomic mass is 9.94. The third-order valence-corrected chi connectivity index (χ3v) is 12.4. The summed E-state index contributed by atoms with van der Waals surface area (Å²) >= 11 is 0. The molecule has 5 saturated heterocycles. The number of aliphatic hydroxyl groups is 15. The normalized spacial score (nSPS) is 45.2. The fraction of sp³-hybridized carbons (Fsp3) is 0.950. The lowest BCUT2D eigenvalue weighted by molar-refractivity contribution is -0.387. The predicted molar refractivity (Wildman–Crippen MR) is 219 cm³/mol. The van der Waals surface area contributed by atoms with Crippen LogP contribution >= 0.6 is 0 Å². The predicted octanol–water partition coefficient (Wildman–Crippen LogP) is -10.1. The van der Waals surface area contributed by atoms with Crippen LogP contribution < -0.4 is 10.6 Å². The van der Waals surface area contributed by atoms with E-state index >= 15 is 0 Å². The summed E-state index contributed by atoms with van der Waals surface area (Å²) in [5.74, 6) is -0.959. The van der Waals surface area contributed by atoms with E-state index in [1.807, 2.05) is 6.92 Å². The van der Waals surface area contributed by atoms with Gasteiger partial charge in [-0.25, -0.2) is 0 Å². The van der Waals surface area contributed by atoms with Crippen LogP contribution in [-0.4, -0.2) is 288 Å². The molecular weight excluding hydrogens is 940 g/mol. The lowest BCUT2D eigenvalue weighted by Gasteiger charge is -2.50. The van der Waals surface area contributed by atoms with Gasteiger partial charge in [0.1, 0.15) is 122 Å². The molecule has 2 amide bonds. The van der Waals surface area contributed by atoms with Crippen molar-refractivity contribution in [3.8, 4) is 0 Å². The molecule has 29 nitrogen and oxygen atoms in total. The second kappa shape index (κ2) is 26.8. The molecule has 0 aromatic heterocycles. The second-order valence-electron chi connectivity index (χ2n) is 17.3. The number of carbonyl (C=O) groups excluding carboxylic acids is 2. The van der Waals surface area contributed by atoms with Crippen LogP contribution in [0.2, 0.25) is 0 Å². The molecule has 0 aliphatic carbocycles. The van der Waals surface area contributed by atoms with Gasteiger partial charge >= 0.3 is 0 Å². The molecule has 5 aliphatic rings. The minimum atomic E-state index is -2.10. The number of rotatable bonds is 22. The highest BCUT2D eigenvalue weighted by molar-refractivity contribution is 5.75. The van der Waals surface area contributed by atoms with Gasteiger partial charge in [0.2, 0.25) is 11.8 Å². The molecule has 0 spiro atoms. The molecule has 10 unspecified atom stereocenters. The Labute approximate surface area is 394 Å². The maximum Gasteiger partial charge on any atom is 0.219 e. The Balaban J connectivity index is 1.28. The molecule has 402 valence electrons. The molecule has 0 aromatic rings. The standard InChI is InChI=1S/C40H70N2O27/c1-3-4-6-20(49)41-7-5-8-60-37-29(57)27(55)33(19(13-47)65-37)67-40-30(58)34(23(51)16(10-44)63-40)68-36-21(42-14(2)48)25(53)32(18(12-46)64-36)66-39-31(59)35(24(52)17(11-45)62-39)69-38-28(56)26(54)22(50)15(9-43)61-38/h15-19,21-40,43-47,50-59H,3-13H2,1-2H3,(H,41,49)(H,42,48)/t15-,16?,17-,18?,19-,21-,22-,23+,24-,25?,26?,27?,28?,29?,30-,31?,32+,33-,34?,35?,36+,37+,38-,39-,40+/m1/s1. The van der Waals surface area contributed by atoms with Crippen LogP contribution in [0.25, 0.3) is 0 Å². The van der Waals surface area contributed by atoms with Crippen LogP contribution in [0.15, 0.2) is 0 Å². The van der Waals surface area contributed by atoms with Gasteiger partial charge in [0.15, 0.2) is 31.5 Å². The molecule has 29 heteroatoms. The van der Waals surface area contributed by atoms with Gasteiger partial charge in [0.05, 0.1) is 39.6 Å². The van der Waals surface area contributed by atoms with Crippen molar-refractivity contribution in [2.75, 3.05) is 46.2 Å². The molecule has 17 N–H and O–H groups in total. The van der Waals surface area contributed by atoms with Crippen molar-refractivity contribution in [3.63, 3.8) is 0 Å². The molecule has 0 aromatic carbocycles. The zero-order valence-corrected chi connectivity index (χ0v) is 37.8. The van der Waals surface area contributed by atoms with E-state index in [4.69, 9.17) is 47.4 Å². The smallest absolute Gasteiger partial charge is 0.219 e. The molecular formula is C40H70N2O27. The van der Waals surface area contributed by atoms with Crippen LogP contribution in [0.3, 0.4) is 0 Å². The Morgan fingerprint density at radius 2 is 0.884 bits per heavy atom. The zero-order valence-electron chi connectivity index (χ0n) is 37.8. The third kappa shape index (κ3) is 13.8. The number of hydrogen-bond acceptors (Lipinski definition) is 27. The van der Waals surface area contributed by atoms with E-state index in [0.29, 0.717) is 12.8 Å². The largest absolute Gasteiger partial charge is 0.394 e. The highest BCUT2D eigenvalue weighted by atomic mass is 16.8. The van der Waals surface area contributed by atoms with E-state index < -0.39 is 192 Å². The fourth-order valence-corrected chi connectivity index (χ4v) is 8.48. The maximum atomic E-state index is 12.5. The Bertz CT molecular complexity index is 1560. The zero-order chi connectivity index (χ0) is 50.9. The first-order chi connectivity index (χ1) is 32.8. The van der Waals surface area contributed by atoms with Crippen LogP contribution in [0.5, 0.6) is 0 Å². The number of hydrogen-bond donors (Lipinski definition) is 17. The Morgan fingerprint density at radius 3 is 1.38 bits per heavy atom. The lowest BCUT2D eigenvalue weighted by Crippen LogP contribution is -2.70. The molecule has 5 heterocycles. The first-order valence-corrected chi connectivity index (χ1v) is 22.7. The summed E-state index contributed by atoms with van der Waals surface area (Å²) in [5, 5.41) is 165. The summed E-state index contributed by atoms with van der Waals surface area (Å²) in [6.45, 7) is -1.39. The van der Waals surface area contributed by atoms with Gasteiger partial charge in [-0.2, -0.15) is 0 Å². The number of nitrogens with one attached hydrogen (secondary N) is 2. The molecule has 5 rings (SSSR count). The van der Waals surface area contributed by atoms with Gasteiger partial charge in [-0.05, 0) is 12.8 Å². The SMILES string of the molecule is CCCCC(=O)NCCCO[C@H]1O[C@H](CO)[C@@H](O[C@@H]2OC(CO)[C@H](O)C(O[C@@H]3OC(CO)[C@H](O[C@H]4O[C@H](CO)[C@@H](O)C(O[C@H]5O[C@H](CO)[C@@H](O)C(O)C5O)C4O)C(O)[C@H]3NC(C)=O)[C@H]2O)C(O)C1O. The number of unbranched alkanes of at least 4 members (excludes halogenated alkanes) is 1. The van der Waals surface area contributed by atoms with Crippen molar-refractivity contribution in [2.24, 2.45) is 0 Å². The van der Waals surface area contributed by atoms with Crippen LogP contribution in [0, 0.1) is 0 Å². The van der Waals surface area contributed by atoms with Gasteiger partial charge in [-0.15, -0.1) is 0 Å². The minimum absolute atomic E-state index is 0.0400. The van der Waals surface area contributed by atoms with Crippen molar-refractivity contribution in [1.29, 1.82) is 0 Å². The topological polar surface area (TPSA) is 454 Å². The Morgan fingerprint density at radius 1 is 0.464 bits per heavy atom. The van der Waals surface area contributed by atoms with Crippen molar-refractivity contribution in [2.45, 2.75) is 193 Å². The van der Waals surface area contributed by atoms with E-state index in [1.165, 1.54) is 0 Å². The van der Waals surface area contributed by atoms with Crippen LogP contribution in [0.4, 0.5) is 0 Å². The summed E-state index contributed by atoms with van der Waals surface area (Å²) in [6.07, 6.45) is -41.5. The number of amides is 2. The van der Waals surface area contributed by atoms with E-state index in [0.717, 1.165) is 19.8 Å².